The zero-order valence-corrected chi connectivity index (χ0v) is 7.70. The monoisotopic (exact) mass is 252 g/mol. The van der Waals surface area contributed by atoms with Crippen LogP contribution in [0.3, 0.4) is 0 Å². The Bertz CT molecular complexity index is 103. The molecule has 14 N–H and O–H groups in total. The molecule has 0 bridgehead atoms. The average Bonchev–Trinajstić information content (AvgIpc) is 0.722. The van der Waals surface area contributed by atoms with Crippen molar-refractivity contribution in [1.82, 2.24) is 0 Å². The fourth-order valence-electron chi connectivity index (χ4n) is 0. The molecule has 0 rings (SSSR count). The number of nitrogens with two attached hydrogens (primary N) is 6. The van der Waals surface area contributed by atoms with Gasteiger partial charge in [-0.3, -0.25) is 9.11 Å². The van der Waals surface area contributed by atoms with Gasteiger partial charge in [0.05, 0.1) is 0 Å². The molecule has 0 atom stereocenters. The van der Waals surface area contributed by atoms with Gasteiger partial charge in [-0.1, -0.05) is 0 Å². The van der Waals surface area contributed by atoms with E-state index in [1.165, 1.54) is 0 Å². The van der Waals surface area contributed by atoms with E-state index in [9.17, 15) is 0 Å². The van der Waals surface area contributed by atoms with Crippen LogP contribution in [0.4, 0.5) is 0 Å². The minimum Gasteiger partial charge on any atom is -0.693 e. The third kappa shape index (κ3) is 55200. The molecule has 12 heavy (non-hydrogen) atoms. The molecule has 0 saturated heterocycles. The molecule has 0 unspecified atom stereocenters. The fraction of sp³-hybridized carbons (Fsp3) is 0. The van der Waals surface area contributed by atoms with E-state index in [4.69, 9.17) is 17.5 Å². The molecule has 0 aliphatic heterocycles. The predicted octanol–water partition coefficient (Wildman–Crippen LogP) is 3.65. The van der Waals surface area contributed by atoms with E-state index in [-0.39, 0.29) is 53.4 Å². The summed E-state index contributed by atoms with van der Waals surface area (Å²) in [6.07, 6.45) is 0. The van der Waals surface area contributed by atoms with Crippen molar-refractivity contribution in [2.24, 2.45) is 0 Å². The molecular formula is H14N6NiO4S-6. The third-order valence-corrected chi connectivity index (χ3v) is 0. The first-order chi connectivity index (χ1) is 2.00. The maximum absolute atomic E-state index is 8.74. The Balaban J connectivity index is -0.00000000381. The van der Waals surface area contributed by atoms with Gasteiger partial charge in [0.2, 0.25) is 0 Å². The smallest absolute Gasteiger partial charge is 0.394 e. The second kappa shape index (κ2) is 30.4. The number of hydrogen-bond donors (Lipinski definition) is 2. The average molecular weight is 253 g/mol. The zero-order chi connectivity index (χ0) is 4.50. The van der Waals surface area contributed by atoms with Crippen molar-refractivity contribution in [3.63, 3.8) is 0 Å². The molecule has 0 amide bonds. The summed E-state index contributed by atoms with van der Waals surface area (Å²) >= 11 is 0. The van der Waals surface area contributed by atoms with E-state index in [1.54, 1.807) is 0 Å². The number of hydrogen-bond acceptors (Lipinski definition) is 2. The Hall–Kier alpha value is 0.124. The molecule has 90 valence electrons. The van der Waals surface area contributed by atoms with Gasteiger partial charge >= 0.3 is 10.4 Å². The van der Waals surface area contributed by atoms with Crippen molar-refractivity contribution in [1.29, 1.82) is 0 Å². The van der Waals surface area contributed by atoms with Crippen LogP contribution in [0.15, 0.2) is 0 Å². The first kappa shape index (κ1) is 88.2. The Morgan fingerprint density at radius 3 is 0.667 bits per heavy atom. The molecule has 0 heterocycles. The molecule has 0 aromatic carbocycles. The number of rotatable bonds is 0. The minimum atomic E-state index is -4.67. The van der Waals surface area contributed by atoms with Gasteiger partial charge in [0.1, 0.15) is 0 Å². The molecule has 10 nitrogen and oxygen atoms in total. The van der Waals surface area contributed by atoms with Gasteiger partial charge in [0.15, 0.2) is 0 Å². The van der Waals surface area contributed by atoms with E-state index in [0.717, 1.165) is 0 Å². The molecular weight excluding hydrogens is 239 g/mol. The molecule has 12 heteroatoms. The van der Waals surface area contributed by atoms with Crippen LogP contribution >= 0.6 is 0 Å². The standard InChI is InChI=1S/6H2N.Ni.H2O4S/c;;;;;;;1-5(2,3)4/h6*1H2;;(H2,1,2,3,4)/q6*-1;;. The van der Waals surface area contributed by atoms with E-state index in [1.807, 2.05) is 0 Å². The van der Waals surface area contributed by atoms with Gasteiger partial charge < -0.3 is 36.9 Å². The summed E-state index contributed by atoms with van der Waals surface area (Å²) in [6.45, 7) is 0. The van der Waals surface area contributed by atoms with Crippen LogP contribution in [0.2, 0.25) is 0 Å². The molecule has 0 saturated carbocycles. The van der Waals surface area contributed by atoms with Crippen molar-refractivity contribution in [2.75, 3.05) is 0 Å². The summed E-state index contributed by atoms with van der Waals surface area (Å²) in [7, 11) is -4.67. The van der Waals surface area contributed by atoms with Gasteiger partial charge in [-0.05, 0) is 0 Å². The fourth-order valence-corrected chi connectivity index (χ4v) is 0. The molecule has 0 aromatic heterocycles. The van der Waals surface area contributed by atoms with Crippen molar-refractivity contribution >= 4 is 10.4 Å². The molecule has 0 aliphatic carbocycles. The van der Waals surface area contributed by atoms with Crippen LogP contribution in [0.25, 0.3) is 36.9 Å². The van der Waals surface area contributed by atoms with Gasteiger partial charge in [-0.15, -0.1) is 0 Å². The van der Waals surface area contributed by atoms with Gasteiger partial charge in [-0.25, -0.2) is 0 Å². The largest absolute Gasteiger partial charge is 0.693 e. The Morgan fingerprint density at radius 2 is 0.667 bits per heavy atom. The van der Waals surface area contributed by atoms with E-state index >= 15 is 0 Å². The summed E-state index contributed by atoms with van der Waals surface area (Å²) in [5.74, 6) is 0. The summed E-state index contributed by atoms with van der Waals surface area (Å²) in [4.78, 5) is 0. The molecule has 0 spiro atoms. The second-order valence-corrected chi connectivity index (χ2v) is 1.34. The Kier molecular flexibility index (Phi) is 224. The van der Waals surface area contributed by atoms with Crippen LogP contribution < -0.4 is 0 Å². The van der Waals surface area contributed by atoms with Gasteiger partial charge in [-0.2, -0.15) is 8.42 Å². The molecule has 0 aromatic rings. The van der Waals surface area contributed by atoms with Crippen LogP contribution in [0.5, 0.6) is 0 Å². The van der Waals surface area contributed by atoms with Crippen molar-refractivity contribution in [3.8, 4) is 0 Å². The van der Waals surface area contributed by atoms with Crippen LogP contribution in [-0.2, 0) is 26.9 Å². The molecule has 0 aliphatic rings. The van der Waals surface area contributed by atoms with Crippen LogP contribution in [0.1, 0.15) is 0 Å². The van der Waals surface area contributed by atoms with Crippen molar-refractivity contribution < 1.29 is 34.0 Å². The SMILES string of the molecule is O=S(=O)(O)O.[NH2-].[NH2-].[NH2-].[NH2-].[NH2-].[NH2-].[Ni]. The zero-order valence-electron chi connectivity index (χ0n) is 5.90. The normalized spacial score (nSPS) is 4.83. The van der Waals surface area contributed by atoms with Crippen LogP contribution in [0, 0.1) is 0 Å². The van der Waals surface area contributed by atoms with Crippen LogP contribution in [-0.4, -0.2) is 17.5 Å². The quantitative estimate of drug-likeness (QED) is 0.481. The van der Waals surface area contributed by atoms with Gasteiger partial charge in [0.25, 0.3) is 0 Å². The van der Waals surface area contributed by atoms with E-state index < -0.39 is 10.4 Å². The van der Waals surface area contributed by atoms with E-state index in [0.29, 0.717) is 0 Å². The second-order valence-electron chi connectivity index (χ2n) is 0.448. The maximum atomic E-state index is 8.74. The summed E-state index contributed by atoms with van der Waals surface area (Å²) in [5, 5.41) is 0. The minimum absolute atomic E-state index is 0. The summed E-state index contributed by atoms with van der Waals surface area (Å²) in [5.41, 5.74) is 0. The van der Waals surface area contributed by atoms with Crippen molar-refractivity contribution in [3.05, 3.63) is 36.9 Å². The maximum Gasteiger partial charge on any atom is 0.394 e. The first-order valence-corrected chi connectivity index (χ1v) is 2.10. The Labute approximate surface area is 81.9 Å². The third-order valence-electron chi connectivity index (χ3n) is 0. The van der Waals surface area contributed by atoms with Crippen molar-refractivity contribution in [2.45, 2.75) is 0 Å². The Morgan fingerprint density at radius 1 is 0.667 bits per heavy atom. The molecule has 0 radical (unpaired) electrons. The predicted molar refractivity (Wildman–Crippen MR) is 45.9 cm³/mol. The van der Waals surface area contributed by atoms with Gasteiger partial charge in [0, 0.05) is 16.5 Å². The topological polar surface area (TPSA) is 276 Å². The molecule has 0 fully saturated rings. The summed E-state index contributed by atoms with van der Waals surface area (Å²) < 4.78 is 31.6. The first-order valence-electron chi connectivity index (χ1n) is 0.698. The van der Waals surface area contributed by atoms with E-state index in [2.05, 4.69) is 0 Å². The summed E-state index contributed by atoms with van der Waals surface area (Å²) in [6, 6.07) is 0.